The summed E-state index contributed by atoms with van der Waals surface area (Å²) in [5, 5.41) is 19.3. The van der Waals surface area contributed by atoms with Gasteiger partial charge in [-0.25, -0.2) is 4.68 Å². The van der Waals surface area contributed by atoms with Crippen molar-refractivity contribution in [2.45, 2.75) is 19.5 Å². The first-order valence-electron chi connectivity index (χ1n) is 4.71. The Labute approximate surface area is 87.3 Å². The summed E-state index contributed by atoms with van der Waals surface area (Å²) in [7, 11) is 0. The van der Waals surface area contributed by atoms with E-state index in [-0.39, 0.29) is 12.5 Å². The molecule has 1 aromatic heterocycles. The van der Waals surface area contributed by atoms with Crippen LogP contribution in [0.5, 0.6) is 0 Å². The predicted octanol–water partition coefficient (Wildman–Crippen LogP) is -1.76. The van der Waals surface area contributed by atoms with E-state index in [0.29, 0.717) is 26.1 Å². The van der Waals surface area contributed by atoms with Crippen molar-refractivity contribution < 1.29 is 9.90 Å². The van der Waals surface area contributed by atoms with Gasteiger partial charge in [0.05, 0.1) is 18.8 Å². The van der Waals surface area contributed by atoms with Gasteiger partial charge in [0, 0.05) is 25.7 Å². The number of carbonyl (C=O) groups is 1. The molecule has 0 bridgehead atoms. The molecule has 1 heterocycles. The number of nitrogens with zero attached hydrogens (tertiary/aromatic N) is 3. The highest BCUT2D eigenvalue weighted by Crippen LogP contribution is 1.92. The van der Waals surface area contributed by atoms with Gasteiger partial charge < -0.3 is 16.2 Å². The molecule has 0 aromatic carbocycles. The van der Waals surface area contributed by atoms with Crippen molar-refractivity contribution in [2.75, 3.05) is 13.2 Å². The van der Waals surface area contributed by atoms with Crippen LogP contribution in [-0.4, -0.2) is 39.2 Å². The number of aliphatic hydroxyl groups is 1. The SMILES string of the molecule is NC(=O)CCNCc1cn(CCO)nn1. The van der Waals surface area contributed by atoms with Gasteiger partial charge in [-0.3, -0.25) is 4.79 Å². The Bertz CT molecular complexity index is 312. The number of nitrogens with two attached hydrogens (primary N) is 1. The molecule has 0 atom stereocenters. The van der Waals surface area contributed by atoms with Gasteiger partial charge in [-0.05, 0) is 0 Å². The Morgan fingerprint density at radius 1 is 1.67 bits per heavy atom. The first-order chi connectivity index (χ1) is 7.22. The fraction of sp³-hybridized carbons (Fsp3) is 0.625. The van der Waals surface area contributed by atoms with Gasteiger partial charge in [0.1, 0.15) is 0 Å². The summed E-state index contributed by atoms with van der Waals surface area (Å²) in [6.07, 6.45) is 2.05. The Morgan fingerprint density at radius 3 is 3.13 bits per heavy atom. The van der Waals surface area contributed by atoms with Crippen LogP contribution in [0.2, 0.25) is 0 Å². The van der Waals surface area contributed by atoms with E-state index in [2.05, 4.69) is 15.6 Å². The molecular weight excluding hydrogens is 198 g/mol. The van der Waals surface area contributed by atoms with Gasteiger partial charge in [-0.2, -0.15) is 0 Å². The summed E-state index contributed by atoms with van der Waals surface area (Å²) in [6.45, 7) is 1.55. The third-order valence-electron chi connectivity index (χ3n) is 1.77. The zero-order valence-corrected chi connectivity index (χ0v) is 8.39. The van der Waals surface area contributed by atoms with Crippen LogP contribution in [0.15, 0.2) is 6.20 Å². The average Bonchev–Trinajstić information content (AvgIpc) is 2.61. The maximum absolute atomic E-state index is 10.4. The van der Waals surface area contributed by atoms with Crippen LogP contribution in [0.4, 0.5) is 0 Å². The highest BCUT2D eigenvalue weighted by atomic mass is 16.3. The van der Waals surface area contributed by atoms with E-state index in [9.17, 15) is 4.79 Å². The Morgan fingerprint density at radius 2 is 2.47 bits per heavy atom. The number of hydrogen-bond acceptors (Lipinski definition) is 5. The smallest absolute Gasteiger partial charge is 0.218 e. The van der Waals surface area contributed by atoms with Gasteiger partial charge in [0.15, 0.2) is 0 Å². The molecule has 0 saturated heterocycles. The summed E-state index contributed by atoms with van der Waals surface area (Å²) in [5.41, 5.74) is 5.75. The molecule has 84 valence electrons. The number of carbonyl (C=O) groups excluding carboxylic acids is 1. The van der Waals surface area contributed by atoms with Crippen LogP contribution in [0.25, 0.3) is 0 Å². The van der Waals surface area contributed by atoms with E-state index < -0.39 is 0 Å². The molecule has 0 spiro atoms. The molecule has 7 heteroatoms. The molecule has 4 N–H and O–H groups in total. The number of primary amides is 1. The molecule has 0 unspecified atom stereocenters. The summed E-state index contributed by atoms with van der Waals surface area (Å²) >= 11 is 0. The van der Waals surface area contributed by atoms with Crippen molar-refractivity contribution in [3.63, 3.8) is 0 Å². The summed E-state index contributed by atoms with van der Waals surface area (Å²) in [6, 6.07) is 0. The van der Waals surface area contributed by atoms with Gasteiger partial charge in [-0.1, -0.05) is 5.21 Å². The molecular formula is C8H15N5O2. The second-order valence-electron chi connectivity index (χ2n) is 3.09. The van der Waals surface area contributed by atoms with Gasteiger partial charge in [0.2, 0.25) is 5.91 Å². The number of nitrogens with one attached hydrogen (secondary N) is 1. The number of amides is 1. The van der Waals surface area contributed by atoms with Gasteiger partial charge in [0.25, 0.3) is 0 Å². The minimum absolute atomic E-state index is 0.0396. The molecule has 1 rings (SSSR count). The van der Waals surface area contributed by atoms with E-state index in [4.69, 9.17) is 10.8 Å². The first-order valence-corrected chi connectivity index (χ1v) is 4.71. The monoisotopic (exact) mass is 213 g/mol. The molecule has 0 aliphatic carbocycles. The molecule has 0 aliphatic heterocycles. The van der Waals surface area contributed by atoms with Gasteiger partial charge >= 0.3 is 0 Å². The van der Waals surface area contributed by atoms with Crippen molar-refractivity contribution in [2.24, 2.45) is 5.73 Å². The summed E-state index contributed by atoms with van der Waals surface area (Å²) in [4.78, 5) is 10.4. The Hall–Kier alpha value is -1.47. The molecule has 0 aliphatic rings. The van der Waals surface area contributed by atoms with Crippen LogP contribution in [0, 0.1) is 0 Å². The van der Waals surface area contributed by atoms with Crippen LogP contribution < -0.4 is 11.1 Å². The quantitative estimate of drug-likeness (QED) is 0.465. The lowest BCUT2D eigenvalue weighted by molar-refractivity contribution is -0.117. The van der Waals surface area contributed by atoms with E-state index >= 15 is 0 Å². The highest BCUT2D eigenvalue weighted by molar-refractivity contribution is 5.73. The van der Waals surface area contributed by atoms with Crippen LogP contribution in [0.1, 0.15) is 12.1 Å². The van der Waals surface area contributed by atoms with Crippen LogP contribution >= 0.6 is 0 Å². The van der Waals surface area contributed by atoms with E-state index in [1.165, 1.54) is 0 Å². The fourth-order valence-corrected chi connectivity index (χ4v) is 1.06. The van der Waals surface area contributed by atoms with Crippen molar-refractivity contribution in [1.82, 2.24) is 20.3 Å². The number of rotatable bonds is 7. The molecule has 1 aromatic rings. The second-order valence-corrected chi connectivity index (χ2v) is 3.09. The summed E-state index contributed by atoms with van der Waals surface area (Å²) in [5.74, 6) is -0.327. The van der Waals surface area contributed by atoms with E-state index in [0.717, 1.165) is 5.69 Å². The largest absolute Gasteiger partial charge is 0.394 e. The van der Waals surface area contributed by atoms with E-state index in [1.54, 1.807) is 10.9 Å². The lowest BCUT2D eigenvalue weighted by Crippen LogP contribution is -2.21. The number of aliphatic hydroxyl groups excluding tert-OH is 1. The lowest BCUT2D eigenvalue weighted by Gasteiger charge is -1.98. The molecule has 7 nitrogen and oxygen atoms in total. The minimum atomic E-state index is -0.327. The molecule has 0 saturated carbocycles. The van der Waals surface area contributed by atoms with E-state index in [1.807, 2.05) is 0 Å². The number of hydrogen-bond donors (Lipinski definition) is 3. The van der Waals surface area contributed by atoms with Crippen molar-refractivity contribution >= 4 is 5.91 Å². The third kappa shape index (κ3) is 4.52. The predicted molar refractivity (Wildman–Crippen MR) is 52.6 cm³/mol. The Kier molecular flexibility index (Phi) is 4.72. The Balaban J connectivity index is 2.22. The van der Waals surface area contributed by atoms with Crippen molar-refractivity contribution in [3.8, 4) is 0 Å². The standard InChI is InChI=1S/C8H15N5O2/c9-8(15)1-2-10-5-7-6-13(3-4-14)12-11-7/h6,10,14H,1-5H2,(H2,9,15). The maximum Gasteiger partial charge on any atom is 0.218 e. The van der Waals surface area contributed by atoms with Crippen molar-refractivity contribution in [1.29, 1.82) is 0 Å². The zero-order valence-electron chi connectivity index (χ0n) is 8.39. The van der Waals surface area contributed by atoms with Crippen molar-refractivity contribution in [3.05, 3.63) is 11.9 Å². The number of aromatic nitrogens is 3. The normalized spacial score (nSPS) is 10.5. The molecule has 0 radical (unpaired) electrons. The first kappa shape index (κ1) is 11.6. The molecule has 0 fully saturated rings. The second kappa shape index (κ2) is 6.10. The maximum atomic E-state index is 10.4. The fourth-order valence-electron chi connectivity index (χ4n) is 1.06. The molecule has 1 amide bonds. The van der Waals surface area contributed by atoms with Crippen LogP contribution in [0.3, 0.4) is 0 Å². The lowest BCUT2D eigenvalue weighted by atomic mass is 10.4. The van der Waals surface area contributed by atoms with Crippen LogP contribution in [-0.2, 0) is 17.9 Å². The average molecular weight is 213 g/mol. The third-order valence-corrected chi connectivity index (χ3v) is 1.77. The van der Waals surface area contributed by atoms with Gasteiger partial charge in [-0.15, -0.1) is 5.10 Å². The zero-order chi connectivity index (χ0) is 11.1. The minimum Gasteiger partial charge on any atom is -0.394 e. The highest BCUT2D eigenvalue weighted by Gasteiger charge is 2.00. The molecule has 15 heavy (non-hydrogen) atoms. The topological polar surface area (TPSA) is 106 Å². The summed E-state index contributed by atoms with van der Waals surface area (Å²) < 4.78 is 1.56.